The Balaban J connectivity index is 0.00000661. The van der Waals surface area contributed by atoms with E-state index < -0.39 is 99.0 Å². The fourth-order valence-electron chi connectivity index (χ4n) is 8.46. The van der Waals surface area contributed by atoms with Crippen LogP contribution < -0.4 is 5.32 Å². The van der Waals surface area contributed by atoms with Crippen molar-refractivity contribution in [3.63, 3.8) is 0 Å². The molecule has 21 nitrogen and oxygen atoms in total. The Morgan fingerprint density at radius 1 is 0.587 bits per heavy atom. The number of nitrogens with one attached hydrogen (secondary N) is 1. The number of alkyl carbamates (subject to hydrolysis) is 1. The van der Waals surface area contributed by atoms with E-state index in [1.165, 1.54) is 20.8 Å². The van der Waals surface area contributed by atoms with Gasteiger partial charge < -0.3 is 42.6 Å². The zero-order chi connectivity index (χ0) is 43.9. The summed E-state index contributed by atoms with van der Waals surface area (Å²) in [6, 6.07) is -2.20. The maximum Gasteiger partial charge on any atom is 0.542 e. The Kier molecular flexibility index (Phi) is 20.4. The maximum atomic E-state index is 15.8. The maximum absolute atomic E-state index is 15.8. The number of esters is 3. The zero-order valence-electron chi connectivity index (χ0n) is 36.9. The summed E-state index contributed by atoms with van der Waals surface area (Å²) in [6.45, 7) is 13.7. The Bertz CT molecular complexity index is 1550. The van der Waals surface area contributed by atoms with E-state index in [1.54, 1.807) is 0 Å². The SMILES string of the molecule is [CH2-]C(COO/C=N\C1CCCCC[N+]12C(=O)[N+]1(CCCCCC1/N=C\OOCC([CH2-])OC(C)=O)C(=O)[N+]1(CCCCCC1NC(=O)OCC([CH2-])OC(C)=O)C2=O)OC(C)=O.[Rf].[Rf].[Rf]. The second-order valence-corrected chi connectivity index (χ2v) is 15.4. The van der Waals surface area contributed by atoms with Gasteiger partial charge in [-0.05, 0) is 57.8 Å². The first-order valence-electron chi connectivity index (χ1n) is 20.4. The van der Waals surface area contributed by atoms with Gasteiger partial charge in [-0.2, -0.15) is 34.1 Å². The van der Waals surface area contributed by atoms with Crippen molar-refractivity contribution >= 4 is 54.9 Å². The van der Waals surface area contributed by atoms with Crippen LogP contribution in [0.2, 0.25) is 0 Å². The summed E-state index contributed by atoms with van der Waals surface area (Å²) in [5.41, 5.74) is 0. The molecule has 4 heterocycles. The van der Waals surface area contributed by atoms with Gasteiger partial charge in [0.2, 0.25) is 25.1 Å². The number of urea groups is 3. The minimum atomic E-state index is -1.18. The van der Waals surface area contributed by atoms with Crippen LogP contribution in [0.1, 0.15) is 97.8 Å². The quantitative estimate of drug-likeness (QED) is 0.0259. The van der Waals surface area contributed by atoms with Gasteiger partial charge in [-0.1, -0.05) is 13.4 Å². The van der Waals surface area contributed by atoms with Crippen LogP contribution in [0.3, 0.4) is 0 Å². The molecule has 0 aromatic heterocycles. The molecule has 7 amide bonds. The monoisotopic (exact) mass is 1650 g/mol. The summed E-state index contributed by atoms with van der Waals surface area (Å²) in [5, 5.41) is 2.80. The molecule has 63 heavy (non-hydrogen) atoms. The van der Waals surface area contributed by atoms with Gasteiger partial charge in [0.1, 0.15) is 39.5 Å². The molecule has 3 spiro atoms. The van der Waals surface area contributed by atoms with E-state index in [4.69, 9.17) is 38.5 Å². The van der Waals surface area contributed by atoms with Crippen molar-refractivity contribution in [2.45, 2.75) is 135 Å². The van der Waals surface area contributed by atoms with E-state index >= 15 is 14.4 Å². The molecule has 342 valence electrons. The van der Waals surface area contributed by atoms with Crippen LogP contribution in [-0.2, 0) is 52.9 Å². The first-order valence-corrected chi connectivity index (χ1v) is 20.4. The van der Waals surface area contributed by atoms with E-state index in [0.29, 0.717) is 57.8 Å². The molecule has 0 saturated carbocycles. The first kappa shape index (κ1) is 53.4. The third-order valence-corrected chi connectivity index (χ3v) is 10.9. The van der Waals surface area contributed by atoms with Crippen LogP contribution in [0.25, 0.3) is 0 Å². The van der Waals surface area contributed by atoms with E-state index in [0.717, 1.165) is 12.8 Å². The van der Waals surface area contributed by atoms with Crippen molar-refractivity contribution in [3.8, 4) is 0 Å². The summed E-state index contributed by atoms with van der Waals surface area (Å²) >= 11 is 0. The molecule has 4 aliphatic heterocycles. The van der Waals surface area contributed by atoms with Crippen molar-refractivity contribution < 1.29 is 85.5 Å². The molecule has 0 bridgehead atoms. The molecule has 0 radical (unpaired) electrons. The summed E-state index contributed by atoms with van der Waals surface area (Å²) in [7, 11) is 0. The number of aliphatic imine (C=N–C) groups is 2. The Labute approximate surface area is 350 Å². The van der Waals surface area contributed by atoms with Crippen molar-refractivity contribution in [1.29, 1.82) is 0 Å². The van der Waals surface area contributed by atoms with Crippen LogP contribution in [0, 0.1) is 20.8 Å². The summed E-state index contributed by atoms with van der Waals surface area (Å²) in [5.74, 6) is -1.75. The van der Waals surface area contributed by atoms with E-state index in [9.17, 15) is 19.2 Å². The summed E-state index contributed by atoms with van der Waals surface area (Å²) in [6.07, 6.45) is 0.397. The molecule has 0 aliphatic carbocycles. The van der Waals surface area contributed by atoms with Crippen LogP contribution in [0.15, 0.2) is 9.98 Å². The van der Waals surface area contributed by atoms with Crippen molar-refractivity contribution in [1.82, 2.24) is 5.32 Å². The molecule has 8 atom stereocenters. The van der Waals surface area contributed by atoms with Crippen molar-refractivity contribution in [2.75, 3.05) is 39.5 Å². The number of nitrogens with zero attached hydrogens (tertiary/aromatic N) is 5. The minimum Gasteiger partial charge on any atom is -0.493 e. The normalized spacial score (nSPS) is 28.8. The van der Waals surface area contributed by atoms with Gasteiger partial charge in [-0.25, -0.2) is 4.79 Å². The van der Waals surface area contributed by atoms with Gasteiger partial charge in [-0.15, -0.1) is 0 Å². The fourth-order valence-corrected chi connectivity index (χ4v) is 8.46. The standard InChI is InChI=1S/C39H60N6O15.3Rf/c1-27(58-30(4)46)22-53-36(49)42-35-18-12-9-15-21-45(35)38(51)43(19-13-7-10-16-33(43)40-25-56-54-23-28(2)59-31(5)47)37(50)44(39(45)52)20-14-8-11-17-34(44)41-26-57-55-24-29(3)60-32(6)48;;;/h25-29,33-35H,1-3,7-24H2,4-6H3,(H,42,49);;;/b40-25-,41-26-;;;. The molecule has 0 aromatic rings. The molecule has 4 rings (SSSR count). The number of hydrogen-bond acceptors (Lipinski definition) is 17. The molecule has 4 aliphatic rings. The molecule has 8 unspecified atom stereocenters. The Morgan fingerprint density at radius 3 is 1.37 bits per heavy atom. The second kappa shape index (κ2) is 24.0. The third kappa shape index (κ3) is 12.3. The fraction of sp³-hybridized carbons (Fsp3) is 0.692. The van der Waals surface area contributed by atoms with E-state index in [1.807, 2.05) is 0 Å². The zero-order valence-corrected chi connectivity index (χ0v) is 56.1. The molecule has 24 heteroatoms. The Morgan fingerprint density at radius 2 is 0.952 bits per heavy atom. The molecule has 4 saturated heterocycles. The van der Waals surface area contributed by atoms with Crippen LogP contribution >= 0.6 is 0 Å². The number of hydrogen-bond donors (Lipinski definition) is 1. The first-order chi connectivity index (χ1) is 28.6. The van der Waals surface area contributed by atoms with Crippen molar-refractivity contribution in [2.24, 2.45) is 9.98 Å². The average molecular weight is 1650 g/mol. The van der Waals surface area contributed by atoms with Crippen LogP contribution in [0.5, 0.6) is 0 Å². The van der Waals surface area contributed by atoms with Gasteiger partial charge in [-0.3, -0.25) is 26.6 Å². The number of quaternary nitrogens is 3. The number of carbonyl (C=O) groups is 7. The van der Waals surface area contributed by atoms with Gasteiger partial charge >= 0.3 is 24.2 Å². The Hall–Kier alpha value is -7.57. The number of imide groups is 3. The molecule has 1 N–H and O–H groups in total. The van der Waals surface area contributed by atoms with Crippen LogP contribution in [0.4, 0.5) is 19.2 Å². The predicted molar refractivity (Wildman–Crippen MR) is 207 cm³/mol. The minimum absolute atomic E-state index is 0. The number of carbonyl (C=O) groups excluding carboxylic acids is 7. The number of rotatable bonds is 16. The second-order valence-electron chi connectivity index (χ2n) is 15.4. The van der Waals surface area contributed by atoms with E-state index in [-0.39, 0.29) is 52.1 Å². The number of amides is 7. The van der Waals surface area contributed by atoms with Gasteiger partial charge in [0.15, 0.2) is 6.17 Å². The smallest absolute Gasteiger partial charge is 0.493 e. The molecule has 4 fully saturated rings. The molecular weight excluding hydrogens is 1590 g/mol. The van der Waals surface area contributed by atoms with Gasteiger partial charge in [0.05, 0.1) is 0 Å². The average Bonchev–Trinajstić information content (AvgIpc) is 3.62. The summed E-state index contributed by atoms with van der Waals surface area (Å²) in [4.78, 5) is 125. The van der Waals surface area contributed by atoms with Gasteiger partial charge in [0, 0.05) is 58.3 Å². The van der Waals surface area contributed by atoms with Crippen LogP contribution in [-0.4, -0.2) is 145 Å². The van der Waals surface area contributed by atoms with Crippen molar-refractivity contribution in [3.05, 3.63) is 20.8 Å². The van der Waals surface area contributed by atoms with Gasteiger partial charge in [0.25, 0.3) is 17.9 Å². The third-order valence-electron chi connectivity index (χ3n) is 10.9. The number of ether oxygens (including phenoxy) is 4. The largest absolute Gasteiger partial charge is 0.542 e. The van der Waals surface area contributed by atoms with E-state index in [2.05, 4.69) is 36.1 Å². The predicted octanol–water partition coefficient (Wildman–Crippen LogP) is 4.49. The molecular formula is C39H60N6O15Rf3. The summed E-state index contributed by atoms with van der Waals surface area (Å²) < 4.78 is 17.6. The molecule has 0 aromatic carbocycles. The topological polar surface area (TPSA) is 230 Å².